The van der Waals surface area contributed by atoms with E-state index in [0.717, 1.165) is 4.47 Å². The Bertz CT molecular complexity index is 515. The molecule has 0 atom stereocenters. The molecule has 0 radical (unpaired) electrons. The average Bonchev–Trinajstić information content (AvgIpc) is 2.29. The first-order valence-corrected chi connectivity index (χ1v) is 9.79. The van der Waals surface area contributed by atoms with Crippen molar-refractivity contribution < 1.29 is 9.16 Å². The Kier molecular flexibility index (Phi) is 4.70. The molecule has 0 unspecified atom stereocenters. The number of rotatable bonds is 3. The van der Waals surface area contributed by atoms with Crippen LogP contribution in [-0.2, 0) is 0 Å². The summed E-state index contributed by atoms with van der Waals surface area (Å²) in [7, 11) is -0.361. The van der Waals surface area contributed by atoms with E-state index in [1.54, 1.807) is 19.2 Å². The van der Waals surface area contributed by atoms with Gasteiger partial charge in [0.15, 0.2) is 11.5 Å². The van der Waals surface area contributed by atoms with Gasteiger partial charge in [0.05, 0.1) is 23.2 Å². The van der Waals surface area contributed by atoms with Crippen LogP contribution in [0, 0.1) is 11.3 Å². The second-order valence-corrected chi connectivity index (χ2v) is 11.5. The predicted molar refractivity (Wildman–Crippen MR) is 83.2 cm³/mol. The quantitative estimate of drug-likeness (QED) is 0.747. The van der Waals surface area contributed by atoms with E-state index in [1.165, 1.54) is 0 Å². The maximum atomic E-state index is 8.98. The van der Waals surface area contributed by atoms with Crippen molar-refractivity contribution in [2.75, 3.05) is 7.11 Å². The first kappa shape index (κ1) is 16.1. The fourth-order valence-electron chi connectivity index (χ4n) is 1.29. The number of methoxy groups -OCH3 is 1. The Hall–Kier alpha value is -0.993. The lowest BCUT2D eigenvalue weighted by Crippen LogP contribution is -2.44. The van der Waals surface area contributed by atoms with Gasteiger partial charge in [0, 0.05) is 6.07 Å². The van der Waals surface area contributed by atoms with E-state index in [4.69, 9.17) is 14.4 Å². The molecule has 0 heterocycles. The SMILES string of the molecule is COc1cc(C#N)cc(Br)c1O[Si](C)(C)C(C)(C)C. The standard InChI is InChI=1S/C14H20BrNO2Si/c1-14(2,3)19(5,6)18-13-11(15)7-10(9-16)8-12(13)17-4/h7-8H,1-6H3. The first-order chi connectivity index (χ1) is 8.62. The van der Waals surface area contributed by atoms with Crippen molar-refractivity contribution >= 4 is 24.2 Å². The van der Waals surface area contributed by atoms with Crippen molar-refractivity contribution in [2.45, 2.75) is 38.9 Å². The van der Waals surface area contributed by atoms with Gasteiger partial charge in [0.1, 0.15) is 0 Å². The number of hydrogen-bond donors (Lipinski definition) is 0. The first-order valence-electron chi connectivity index (χ1n) is 6.09. The number of ether oxygens (including phenoxy) is 1. The maximum absolute atomic E-state index is 8.98. The molecule has 0 aliphatic carbocycles. The van der Waals surface area contributed by atoms with Crippen LogP contribution in [0.1, 0.15) is 26.3 Å². The molecule has 1 rings (SSSR count). The highest BCUT2D eigenvalue weighted by Gasteiger charge is 2.40. The summed E-state index contributed by atoms with van der Waals surface area (Å²) in [5, 5.41) is 9.08. The summed E-state index contributed by atoms with van der Waals surface area (Å²) in [5.74, 6) is 1.28. The molecule has 0 aliphatic heterocycles. The molecule has 0 fully saturated rings. The lowest BCUT2D eigenvalue weighted by molar-refractivity contribution is 0.384. The number of halogens is 1. The van der Waals surface area contributed by atoms with Gasteiger partial charge in [0.25, 0.3) is 8.32 Å². The van der Waals surface area contributed by atoms with Crippen LogP contribution in [0.5, 0.6) is 11.5 Å². The lowest BCUT2D eigenvalue weighted by Gasteiger charge is -2.37. The molecule has 0 aromatic heterocycles. The molecule has 1 aromatic rings. The van der Waals surface area contributed by atoms with Gasteiger partial charge in [-0.3, -0.25) is 0 Å². The Balaban J connectivity index is 3.26. The van der Waals surface area contributed by atoms with Gasteiger partial charge in [-0.15, -0.1) is 0 Å². The van der Waals surface area contributed by atoms with Crippen molar-refractivity contribution in [2.24, 2.45) is 0 Å². The van der Waals surface area contributed by atoms with Gasteiger partial charge in [0.2, 0.25) is 0 Å². The molecule has 0 N–H and O–H groups in total. The van der Waals surface area contributed by atoms with Crippen LogP contribution in [0.15, 0.2) is 16.6 Å². The lowest BCUT2D eigenvalue weighted by atomic mass is 10.2. The third-order valence-corrected chi connectivity index (χ3v) is 8.44. The van der Waals surface area contributed by atoms with Crippen LogP contribution < -0.4 is 9.16 Å². The minimum atomic E-state index is -1.95. The number of nitriles is 1. The van der Waals surface area contributed by atoms with Gasteiger partial charge in [-0.25, -0.2) is 0 Å². The highest BCUT2D eigenvalue weighted by Crippen LogP contribution is 2.43. The van der Waals surface area contributed by atoms with Crippen molar-refractivity contribution in [3.05, 3.63) is 22.2 Å². The van der Waals surface area contributed by atoms with E-state index in [0.29, 0.717) is 17.1 Å². The van der Waals surface area contributed by atoms with E-state index in [1.807, 2.05) is 0 Å². The molecular weight excluding hydrogens is 322 g/mol. The Morgan fingerprint density at radius 2 is 1.84 bits per heavy atom. The summed E-state index contributed by atoms with van der Waals surface area (Å²) in [4.78, 5) is 0. The third kappa shape index (κ3) is 3.52. The molecular formula is C14H20BrNO2Si. The van der Waals surface area contributed by atoms with E-state index < -0.39 is 8.32 Å². The van der Waals surface area contributed by atoms with Gasteiger partial charge >= 0.3 is 0 Å². The Labute approximate surface area is 124 Å². The van der Waals surface area contributed by atoms with E-state index in [2.05, 4.69) is 55.9 Å². The van der Waals surface area contributed by atoms with Crippen LogP contribution in [0.3, 0.4) is 0 Å². The molecule has 19 heavy (non-hydrogen) atoms. The van der Waals surface area contributed by atoms with Gasteiger partial charge in [-0.2, -0.15) is 5.26 Å². The smallest absolute Gasteiger partial charge is 0.250 e. The van der Waals surface area contributed by atoms with Crippen molar-refractivity contribution in [1.29, 1.82) is 5.26 Å². The Morgan fingerprint density at radius 1 is 1.26 bits per heavy atom. The molecule has 0 bridgehead atoms. The number of hydrogen-bond acceptors (Lipinski definition) is 3. The molecule has 0 saturated heterocycles. The number of benzene rings is 1. The zero-order valence-corrected chi connectivity index (χ0v) is 14.9. The summed E-state index contributed by atoms with van der Waals surface area (Å²) in [6.45, 7) is 10.9. The van der Waals surface area contributed by atoms with Crippen LogP contribution in [0.4, 0.5) is 0 Å². The summed E-state index contributed by atoms with van der Waals surface area (Å²) < 4.78 is 12.4. The van der Waals surface area contributed by atoms with Gasteiger partial charge in [-0.05, 0) is 40.1 Å². The van der Waals surface area contributed by atoms with Crippen LogP contribution in [0.2, 0.25) is 18.1 Å². The molecule has 0 aliphatic rings. The van der Waals surface area contributed by atoms with E-state index >= 15 is 0 Å². The minimum Gasteiger partial charge on any atom is -0.540 e. The molecule has 104 valence electrons. The van der Waals surface area contributed by atoms with Crippen molar-refractivity contribution in [3.63, 3.8) is 0 Å². The van der Waals surface area contributed by atoms with Crippen LogP contribution in [0.25, 0.3) is 0 Å². The summed E-state index contributed by atoms with van der Waals surface area (Å²) in [6, 6.07) is 5.57. The molecule has 3 nitrogen and oxygen atoms in total. The number of nitrogens with zero attached hydrogens (tertiary/aromatic N) is 1. The second kappa shape index (κ2) is 5.56. The normalized spacial score (nSPS) is 11.9. The molecule has 0 saturated carbocycles. The fraction of sp³-hybridized carbons (Fsp3) is 0.500. The van der Waals surface area contributed by atoms with Gasteiger partial charge < -0.3 is 9.16 Å². The van der Waals surface area contributed by atoms with Crippen LogP contribution >= 0.6 is 15.9 Å². The molecule has 5 heteroatoms. The highest BCUT2D eigenvalue weighted by molar-refractivity contribution is 9.10. The largest absolute Gasteiger partial charge is 0.540 e. The minimum absolute atomic E-state index is 0.103. The molecule has 0 amide bonds. The zero-order chi connectivity index (χ0) is 14.8. The molecule has 0 spiro atoms. The topological polar surface area (TPSA) is 42.2 Å². The predicted octanol–water partition coefficient (Wildman–Crippen LogP) is 4.71. The summed E-state index contributed by atoms with van der Waals surface area (Å²) >= 11 is 3.47. The second-order valence-electron chi connectivity index (χ2n) is 5.96. The fourth-order valence-corrected chi connectivity index (χ4v) is 2.99. The van der Waals surface area contributed by atoms with E-state index in [-0.39, 0.29) is 5.04 Å². The van der Waals surface area contributed by atoms with Gasteiger partial charge in [-0.1, -0.05) is 20.8 Å². The Morgan fingerprint density at radius 3 is 2.26 bits per heavy atom. The summed E-state index contributed by atoms with van der Waals surface area (Å²) in [6.07, 6.45) is 0. The average molecular weight is 342 g/mol. The maximum Gasteiger partial charge on any atom is 0.250 e. The monoisotopic (exact) mass is 341 g/mol. The highest BCUT2D eigenvalue weighted by atomic mass is 79.9. The third-order valence-electron chi connectivity index (χ3n) is 3.52. The van der Waals surface area contributed by atoms with Crippen molar-refractivity contribution in [3.8, 4) is 17.6 Å². The van der Waals surface area contributed by atoms with Crippen molar-refractivity contribution in [1.82, 2.24) is 0 Å². The zero-order valence-electron chi connectivity index (χ0n) is 12.3. The van der Waals surface area contributed by atoms with Crippen LogP contribution in [-0.4, -0.2) is 15.4 Å². The molecule has 1 aromatic carbocycles. The summed E-state index contributed by atoms with van der Waals surface area (Å²) in [5.41, 5.74) is 0.548. The van der Waals surface area contributed by atoms with E-state index in [9.17, 15) is 0 Å².